The molecule has 3 heterocycles. The number of piperidine rings is 1. The lowest BCUT2D eigenvalue weighted by atomic mass is 9.87. The number of phenolic OH excluding ortho intramolecular Hbond substituents is 1. The Morgan fingerprint density at radius 1 is 1.24 bits per heavy atom. The standard InChI is InChI=1S/C21H22FN5O2/c1-20-10-21(2,24-11-20)18(22)19(20)29-17-6-5-15(25-26-17)14-4-3-13(9-16(14)28)27-8-7-23-12-27/h3-9,12,18-19,24,28H,10-11H2,1-2H3/t18-,19+,20-,21-/m0/s1. The van der Waals surface area contributed by atoms with Gasteiger partial charge in [-0.2, -0.15) is 0 Å². The minimum atomic E-state index is -1.11. The molecule has 3 aromatic rings. The van der Waals surface area contributed by atoms with Gasteiger partial charge in [-0.25, -0.2) is 9.37 Å². The lowest BCUT2D eigenvalue weighted by Crippen LogP contribution is -2.55. The molecule has 0 amide bonds. The molecule has 2 N–H and O–H groups in total. The average molecular weight is 395 g/mol. The highest BCUT2D eigenvalue weighted by molar-refractivity contribution is 5.68. The summed E-state index contributed by atoms with van der Waals surface area (Å²) in [5.74, 6) is 0.371. The third-order valence-electron chi connectivity index (χ3n) is 6.18. The van der Waals surface area contributed by atoms with Crippen LogP contribution in [-0.2, 0) is 0 Å². The van der Waals surface area contributed by atoms with E-state index >= 15 is 0 Å². The van der Waals surface area contributed by atoms with Crippen molar-refractivity contribution in [1.82, 2.24) is 25.1 Å². The molecule has 29 heavy (non-hydrogen) atoms. The van der Waals surface area contributed by atoms with Gasteiger partial charge in [0.2, 0.25) is 5.88 Å². The maximum Gasteiger partial charge on any atom is 0.233 e. The van der Waals surface area contributed by atoms with Gasteiger partial charge in [0.25, 0.3) is 0 Å². The Hall–Kier alpha value is -3.00. The van der Waals surface area contributed by atoms with Crippen LogP contribution in [0.4, 0.5) is 4.39 Å². The van der Waals surface area contributed by atoms with Gasteiger partial charge in [0.1, 0.15) is 11.9 Å². The first-order chi connectivity index (χ1) is 13.9. The Labute approximate surface area is 167 Å². The van der Waals surface area contributed by atoms with Crippen molar-refractivity contribution in [1.29, 1.82) is 0 Å². The Morgan fingerprint density at radius 2 is 2.10 bits per heavy atom. The second kappa shape index (κ2) is 6.25. The van der Waals surface area contributed by atoms with Crippen molar-refractivity contribution in [2.24, 2.45) is 5.41 Å². The van der Waals surface area contributed by atoms with Gasteiger partial charge in [-0.05, 0) is 31.5 Å². The number of aromatic nitrogens is 4. The summed E-state index contributed by atoms with van der Waals surface area (Å²) < 4.78 is 22.6. The monoisotopic (exact) mass is 395 g/mol. The van der Waals surface area contributed by atoms with Crippen molar-refractivity contribution in [2.75, 3.05) is 6.54 Å². The summed E-state index contributed by atoms with van der Waals surface area (Å²) in [5.41, 5.74) is 1.04. The zero-order valence-corrected chi connectivity index (χ0v) is 16.2. The minimum Gasteiger partial charge on any atom is -0.507 e. The molecular formula is C21H22FN5O2. The molecular weight excluding hydrogens is 373 g/mol. The number of ether oxygens (including phenoxy) is 1. The van der Waals surface area contributed by atoms with Gasteiger partial charge < -0.3 is 19.7 Å². The van der Waals surface area contributed by atoms with Gasteiger partial charge in [0.05, 0.1) is 23.2 Å². The molecule has 4 atom stereocenters. The van der Waals surface area contributed by atoms with E-state index in [-0.39, 0.29) is 17.0 Å². The minimum absolute atomic E-state index is 0.0857. The van der Waals surface area contributed by atoms with Crippen LogP contribution in [0.2, 0.25) is 0 Å². The van der Waals surface area contributed by atoms with E-state index in [9.17, 15) is 9.50 Å². The number of aromatic hydroxyl groups is 1. The Morgan fingerprint density at radius 3 is 2.72 bits per heavy atom. The third-order valence-corrected chi connectivity index (χ3v) is 6.18. The van der Waals surface area contributed by atoms with Crippen LogP contribution < -0.4 is 10.1 Å². The number of rotatable bonds is 4. The summed E-state index contributed by atoms with van der Waals surface area (Å²) in [6.07, 6.45) is 4.19. The molecule has 150 valence electrons. The van der Waals surface area contributed by atoms with Crippen molar-refractivity contribution in [2.45, 2.75) is 38.1 Å². The summed E-state index contributed by atoms with van der Waals surface area (Å²) in [6, 6.07) is 8.66. The molecule has 0 unspecified atom stereocenters. The van der Waals surface area contributed by atoms with E-state index in [1.807, 2.05) is 19.9 Å². The van der Waals surface area contributed by atoms with E-state index in [0.717, 1.165) is 18.7 Å². The highest BCUT2D eigenvalue weighted by atomic mass is 19.1. The van der Waals surface area contributed by atoms with Crippen LogP contribution >= 0.6 is 0 Å². The number of hydrogen-bond donors (Lipinski definition) is 2. The Bertz CT molecular complexity index is 1040. The summed E-state index contributed by atoms with van der Waals surface area (Å²) in [7, 11) is 0. The first kappa shape index (κ1) is 18.1. The van der Waals surface area contributed by atoms with Crippen LogP contribution in [0, 0.1) is 5.41 Å². The molecule has 2 bridgehead atoms. The molecule has 1 aliphatic heterocycles. The van der Waals surface area contributed by atoms with Gasteiger partial charge in [0, 0.05) is 42.0 Å². The number of fused-ring (bicyclic) bond motifs is 2. The largest absolute Gasteiger partial charge is 0.507 e. The second-order valence-corrected chi connectivity index (χ2v) is 8.47. The molecule has 1 aromatic carbocycles. The van der Waals surface area contributed by atoms with Crippen LogP contribution in [0.3, 0.4) is 0 Å². The van der Waals surface area contributed by atoms with Crippen LogP contribution in [0.15, 0.2) is 49.1 Å². The van der Waals surface area contributed by atoms with Crippen LogP contribution in [0.25, 0.3) is 16.9 Å². The third kappa shape index (κ3) is 2.86. The van der Waals surface area contributed by atoms with Gasteiger partial charge in [-0.3, -0.25) is 0 Å². The molecule has 2 fully saturated rings. The predicted octanol–water partition coefficient (Wildman–Crippen LogP) is 2.89. The Kier molecular flexibility index (Phi) is 3.89. The van der Waals surface area contributed by atoms with Crippen molar-refractivity contribution in [3.63, 3.8) is 0 Å². The topological polar surface area (TPSA) is 85.1 Å². The predicted molar refractivity (Wildman–Crippen MR) is 105 cm³/mol. The molecule has 1 saturated carbocycles. The maximum absolute atomic E-state index is 14.9. The maximum atomic E-state index is 14.9. The van der Waals surface area contributed by atoms with Crippen LogP contribution in [0.5, 0.6) is 11.6 Å². The number of imidazole rings is 1. The van der Waals surface area contributed by atoms with E-state index < -0.39 is 17.8 Å². The summed E-state index contributed by atoms with van der Waals surface area (Å²) in [5, 5.41) is 22.0. The number of alkyl halides is 1. The molecule has 2 aromatic heterocycles. The summed E-state index contributed by atoms with van der Waals surface area (Å²) in [6.45, 7) is 4.66. The number of benzene rings is 1. The summed E-state index contributed by atoms with van der Waals surface area (Å²) in [4.78, 5) is 4.00. The fraction of sp³-hybridized carbons (Fsp3) is 0.381. The highest BCUT2D eigenvalue weighted by Gasteiger charge is 2.64. The average Bonchev–Trinajstić information content (AvgIpc) is 3.39. The molecule has 5 rings (SSSR count). The number of halogens is 1. The zero-order chi connectivity index (χ0) is 20.2. The van der Waals surface area contributed by atoms with E-state index in [4.69, 9.17) is 4.74 Å². The zero-order valence-electron chi connectivity index (χ0n) is 16.2. The van der Waals surface area contributed by atoms with E-state index in [2.05, 4.69) is 20.5 Å². The fourth-order valence-electron chi connectivity index (χ4n) is 4.62. The SMILES string of the molecule is C[C@@]12CN[C@@](C)(C1)[C@@H](F)[C@H]2Oc1ccc(-c2ccc(-n3ccnc3)cc2O)nn1. The van der Waals surface area contributed by atoms with Gasteiger partial charge in [-0.1, -0.05) is 6.92 Å². The molecule has 0 radical (unpaired) electrons. The smallest absolute Gasteiger partial charge is 0.233 e. The quantitative estimate of drug-likeness (QED) is 0.707. The van der Waals surface area contributed by atoms with Crippen LogP contribution in [-0.4, -0.2) is 49.2 Å². The van der Waals surface area contributed by atoms with Gasteiger partial charge in [0.15, 0.2) is 6.17 Å². The van der Waals surface area contributed by atoms with Crippen molar-refractivity contribution >= 4 is 0 Å². The van der Waals surface area contributed by atoms with Crippen molar-refractivity contribution in [3.05, 3.63) is 49.1 Å². The first-order valence-corrected chi connectivity index (χ1v) is 9.59. The van der Waals surface area contributed by atoms with E-state index in [0.29, 0.717) is 11.3 Å². The Balaban J connectivity index is 1.36. The van der Waals surface area contributed by atoms with Gasteiger partial charge >= 0.3 is 0 Å². The van der Waals surface area contributed by atoms with Gasteiger partial charge in [-0.15, -0.1) is 10.2 Å². The normalized spacial score (nSPS) is 30.6. The van der Waals surface area contributed by atoms with Crippen LogP contribution in [0.1, 0.15) is 20.3 Å². The molecule has 1 saturated heterocycles. The van der Waals surface area contributed by atoms with E-state index in [1.165, 1.54) is 0 Å². The fourth-order valence-corrected chi connectivity index (χ4v) is 4.62. The number of nitrogens with zero attached hydrogens (tertiary/aromatic N) is 4. The number of phenols is 1. The lowest BCUT2D eigenvalue weighted by molar-refractivity contribution is 0.00666. The number of nitrogens with one attached hydrogen (secondary N) is 1. The molecule has 7 nitrogen and oxygen atoms in total. The molecule has 8 heteroatoms. The highest BCUT2D eigenvalue weighted by Crippen LogP contribution is 2.51. The lowest BCUT2D eigenvalue weighted by Gasteiger charge is -2.35. The number of hydrogen-bond acceptors (Lipinski definition) is 6. The molecule has 0 spiro atoms. The van der Waals surface area contributed by atoms with Crippen molar-refractivity contribution in [3.8, 4) is 28.6 Å². The molecule has 1 aliphatic carbocycles. The van der Waals surface area contributed by atoms with E-state index in [1.54, 1.807) is 47.6 Å². The summed E-state index contributed by atoms with van der Waals surface area (Å²) >= 11 is 0. The second-order valence-electron chi connectivity index (χ2n) is 8.47. The van der Waals surface area contributed by atoms with Crippen molar-refractivity contribution < 1.29 is 14.2 Å². The molecule has 2 aliphatic rings. The first-order valence-electron chi connectivity index (χ1n) is 9.59.